The third-order valence-electron chi connectivity index (χ3n) is 4.20. The quantitative estimate of drug-likeness (QED) is 0.649. The highest BCUT2D eigenvalue weighted by Gasteiger charge is 2.28. The molecule has 29 heavy (non-hydrogen) atoms. The molecule has 2 N–H and O–H groups in total. The van der Waals surface area contributed by atoms with Crippen LogP contribution in [0.15, 0.2) is 23.6 Å². The van der Waals surface area contributed by atoms with E-state index in [1.807, 2.05) is 38.3 Å². The van der Waals surface area contributed by atoms with Crippen LogP contribution in [0.25, 0.3) is 10.6 Å². The van der Waals surface area contributed by atoms with Gasteiger partial charge in [0.2, 0.25) is 0 Å². The predicted molar refractivity (Wildman–Crippen MR) is 112 cm³/mol. The van der Waals surface area contributed by atoms with E-state index in [0.717, 1.165) is 21.1 Å². The Morgan fingerprint density at radius 2 is 2.17 bits per heavy atom. The van der Waals surface area contributed by atoms with Crippen molar-refractivity contribution in [3.8, 4) is 10.6 Å². The number of nitrogens with zero attached hydrogens (tertiary/aromatic N) is 3. The van der Waals surface area contributed by atoms with E-state index in [-0.39, 0.29) is 12.0 Å². The summed E-state index contributed by atoms with van der Waals surface area (Å²) in [6, 6.07) is 5.63. The maximum atomic E-state index is 12.5. The number of anilines is 1. The minimum Gasteiger partial charge on any atom is -0.444 e. The van der Waals surface area contributed by atoms with E-state index >= 15 is 0 Å². The summed E-state index contributed by atoms with van der Waals surface area (Å²) in [4.78, 5) is 33.0. The number of rotatable bonds is 3. The van der Waals surface area contributed by atoms with Crippen LogP contribution in [0.4, 0.5) is 9.93 Å². The van der Waals surface area contributed by atoms with E-state index in [9.17, 15) is 9.59 Å². The average Bonchev–Trinajstić information content (AvgIpc) is 3.38. The van der Waals surface area contributed by atoms with E-state index in [1.54, 1.807) is 22.3 Å². The number of amides is 2. The molecule has 10 heteroatoms. The third kappa shape index (κ3) is 4.48. The van der Waals surface area contributed by atoms with Gasteiger partial charge >= 0.3 is 6.09 Å². The van der Waals surface area contributed by atoms with Crippen LogP contribution >= 0.6 is 22.7 Å². The van der Waals surface area contributed by atoms with E-state index < -0.39 is 5.60 Å². The fraction of sp³-hybridized carbons (Fsp3) is 0.368. The molecule has 0 aliphatic carbocycles. The summed E-state index contributed by atoms with van der Waals surface area (Å²) in [6.07, 6.45) is 0.297. The Hall–Kier alpha value is -2.72. The van der Waals surface area contributed by atoms with Crippen molar-refractivity contribution in [1.29, 1.82) is 0 Å². The summed E-state index contributed by atoms with van der Waals surface area (Å²) in [5.74, 6) is -0.320. The van der Waals surface area contributed by atoms with Gasteiger partial charge in [-0.25, -0.2) is 9.78 Å². The van der Waals surface area contributed by atoms with Gasteiger partial charge in [0, 0.05) is 17.8 Å². The first-order chi connectivity index (χ1) is 13.8. The SMILES string of the molecule is CC(C)(C)OC(=O)N1CCc2nc(NC(=O)c3cc(-c4cccs4)[nH]n3)sc2C1. The van der Waals surface area contributed by atoms with Crippen LogP contribution in [0.2, 0.25) is 0 Å². The first-order valence-corrected chi connectivity index (χ1v) is 10.9. The molecule has 2 amide bonds. The Bertz CT molecular complexity index is 1030. The first kappa shape index (κ1) is 19.6. The Morgan fingerprint density at radius 1 is 1.34 bits per heavy atom. The minimum absolute atomic E-state index is 0.303. The van der Waals surface area contributed by atoms with Gasteiger partial charge in [0.1, 0.15) is 5.60 Å². The highest BCUT2D eigenvalue weighted by atomic mass is 32.1. The molecule has 1 aliphatic rings. The molecule has 0 atom stereocenters. The Kier molecular flexibility index (Phi) is 5.13. The Morgan fingerprint density at radius 3 is 2.90 bits per heavy atom. The van der Waals surface area contributed by atoms with Crippen LogP contribution in [-0.4, -0.2) is 44.2 Å². The van der Waals surface area contributed by atoms with Crippen LogP contribution in [0, 0.1) is 0 Å². The van der Waals surface area contributed by atoms with Crippen molar-refractivity contribution in [1.82, 2.24) is 20.1 Å². The number of aromatic nitrogens is 3. The highest BCUT2D eigenvalue weighted by molar-refractivity contribution is 7.16. The smallest absolute Gasteiger partial charge is 0.410 e. The van der Waals surface area contributed by atoms with Crippen LogP contribution in [-0.2, 0) is 17.7 Å². The second-order valence-electron chi connectivity index (χ2n) is 7.64. The molecule has 0 aromatic carbocycles. The van der Waals surface area contributed by atoms with Gasteiger partial charge in [-0.2, -0.15) is 5.10 Å². The molecule has 0 fully saturated rings. The molecule has 0 saturated heterocycles. The Labute approximate surface area is 175 Å². The summed E-state index contributed by atoms with van der Waals surface area (Å²) in [5, 5.41) is 12.3. The molecule has 3 aromatic heterocycles. The second kappa shape index (κ2) is 7.60. The molecule has 152 valence electrons. The molecule has 0 spiro atoms. The van der Waals surface area contributed by atoms with E-state index in [1.165, 1.54) is 11.3 Å². The third-order valence-corrected chi connectivity index (χ3v) is 6.10. The van der Waals surface area contributed by atoms with E-state index in [4.69, 9.17) is 4.74 Å². The molecule has 0 radical (unpaired) electrons. The van der Waals surface area contributed by atoms with Crippen molar-refractivity contribution in [3.63, 3.8) is 0 Å². The molecule has 0 bridgehead atoms. The zero-order chi connectivity index (χ0) is 20.6. The van der Waals surface area contributed by atoms with E-state index in [2.05, 4.69) is 20.5 Å². The predicted octanol–water partition coefficient (Wildman–Crippen LogP) is 4.14. The topological polar surface area (TPSA) is 100 Å². The maximum Gasteiger partial charge on any atom is 0.410 e. The summed E-state index contributed by atoms with van der Waals surface area (Å²) < 4.78 is 5.44. The zero-order valence-electron chi connectivity index (χ0n) is 16.3. The number of hydrogen-bond donors (Lipinski definition) is 2. The number of ether oxygens (including phenoxy) is 1. The fourth-order valence-corrected chi connectivity index (χ4v) is 4.60. The van der Waals surface area contributed by atoms with Gasteiger partial charge in [0.05, 0.1) is 22.8 Å². The minimum atomic E-state index is -0.532. The number of carbonyl (C=O) groups excluding carboxylic acids is 2. The molecule has 1 aliphatic heterocycles. The van der Waals surface area contributed by atoms with E-state index in [0.29, 0.717) is 30.3 Å². The van der Waals surface area contributed by atoms with Gasteiger partial charge in [0.15, 0.2) is 10.8 Å². The first-order valence-electron chi connectivity index (χ1n) is 9.15. The monoisotopic (exact) mass is 431 g/mol. The molecule has 4 heterocycles. The zero-order valence-corrected chi connectivity index (χ0v) is 17.9. The molecular formula is C19H21N5O3S2. The van der Waals surface area contributed by atoms with Crippen molar-refractivity contribution in [2.24, 2.45) is 0 Å². The largest absolute Gasteiger partial charge is 0.444 e. The normalized spacial score (nSPS) is 13.8. The summed E-state index contributed by atoms with van der Waals surface area (Å²) in [5.41, 5.74) is 1.48. The number of aromatic amines is 1. The van der Waals surface area contributed by atoms with Crippen LogP contribution < -0.4 is 5.32 Å². The molecule has 3 aromatic rings. The molecule has 0 unspecified atom stereocenters. The number of thiophene rings is 1. The lowest BCUT2D eigenvalue weighted by Crippen LogP contribution is -2.39. The maximum absolute atomic E-state index is 12.5. The number of fused-ring (bicyclic) bond motifs is 1. The lowest BCUT2D eigenvalue weighted by molar-refractivity contribution is 0.0225. The number of H-pyrrole nitrogens is 1. The summed E-state index contributed by atoms with van der Waals surface area (Å²) in [6.45, 7) is 6.52. The van der Waals surface area contributed by atoms with Gasteiger partial charge in [-0.1, -0.05) is 17.4 Å². The Balaban J connectivity index is 1.42. The summed E-state index contributed by atoms with van der Waals surface area (Å²) in [7, 11) is 0. The van der Waals surface area contributed by atoms with Crippen molar-refractivity contribution in [2.75, 3.05) is 11.9 Å². The van der Waals surface area contributed by atoms with Crippen molar-refractivity contribution < 1.29 is 14.3 Å². The number of carbonyl (C=O) groups is 2. The van der Waals surface area contributed by atoms with Crippen molar-refractivity contribution in [3.05, 3.63) is 39.8 Å². The van der Waals surface area contributed by atoms with Gasteiger partial charge in [-0.3, -0.25) is 15.2 Å². The second-order valence-corrected chi connectivity index (χ2v) is 9.67. The molecule has 4 rings (SSSR count). The van der Waals surface area contributed by atoms with Crippen LogP contribution in [0.5, 0.6) is 0 Å². The van der Waals surface area contributed by atoms with Crippen molar-refractivity contribution in [2.45, 2.75) is 39.3 Å². The number of nitrogens with one attached hydrogen (secondary N) is 2. The van der Waals surface area contributed by atoms with Gasteiger partial charge < -0.3 is 9.64 Å². The van der Waals surface area contributed by atoms with Crippen LogP contribution in [0.1, 0.15) is 41.8 Å². The average molecular weight is 432 g/mol. The lowest BCUT2D eigenvalue weighted by atomic mass is 10.2. The number of thiazole rings is 1. The standard InChI is InChI=1S/C19H21N5O3S2/c1-19(2,3)27-18(26)24-7-6-11-15(10-24)29-17(20-11)21-16(25)13-9-12(22-23-13)14-5-4-8-28-14/h4-5,8-9H,6-7,10H2,1-3H3,(H,22,23)(H,20,21,25). The van der Waals surface area contributed by atoms with Crippen molar-refractivity contribution >= 4 is 39.8 Å². The molecule has 0 saturated carbocycles. The van der Waals surface area contributed by atoms with Gasteiger partial charge in [-0.05, 0) is 38.3 Å². The lowest BCUT2D eigenvalue weighted by Gasteiger charge is -2.29. The molecular weight excluding hydrogens is 410 g/mol. The van der Waals surface area contributed by atoms with Gasteiger partial charge in [0.25, 0.3) is 5.91 Å². The molecule has 8 nitrogen and oxygen atoms in total. The number of hydrogen-bond acceptors (Lipinski definition) is 7. The van der Waals surface area contributed by atoms with Gasteiger partial charge in [-0.15, -0.1) is 11.3 Å². The highest BCUT2D eigenvalue weighted by Crippen LogP contribution is 2.29. The summed E-state index contributed by atoms with van der Waals surface area (Å²) >= 11 is 2.95. The van der Waals surface area contributed by atoms with Crippen LogP contribution in [0.3, 0.4) is 0 Å². The fourth-order valence-electron chi connectivity index (χ4n) is 2.89.